The predicted molar refractivity (Wildman–Crippen MR) is 85.7 cm³/mol. The summed E-state index contributed by atoms with van der Waals surface area (Å²) < 4.78 is 7.06. The van der Waals surface area contributed by atoms with Gasteiger partial charge < -0.3 is 10.5 Å². The molecule has 0 bridgehead atoms. The molecule has 1 unspecified atom stereocenters. The zero-order valence-corrected chi connectivity index (χ0v) is 14.4. The van der Waals surface area contributed by atoms with Crippen molar-refractivity contribution in [3.63, 3.8) is 0 Å². The van der Waals surface area contributed by atoms with Gasteiger partial charge in [-0.25, -0.2) is 0 Å². The van der Waals surface area contributed by atoms with Crippen molar-refractivity contribution in [1.29, 1.82) is 0 Å². The molecule has 4 heteroatoms. The van der Waals surface area contributed by atoms with Gasteiger partial charge in [0.1, 0.15) is 0 Å². The van der Waals surface area contributed by atoms with Gasteiger partial charge in [-0.1, -0.05) is 13.8 Å². The predicted octanol–water partition coefficient (Wildman–Crippen LogP) is 4.37. The Hall–Kier alpha value is 0.100. The molecule has 1 saturated carbocycles. The van der Waals surface area contributed by atoms with Crippen molar-refractivity contribution in [2.24, 2.45) is 11.1 Å². The van der Waals surface area contributed by atoms with E-state index in [1.807, 2.05) is 7.11 Å². The minimum atomic E-state index is -0.140. The normalized spacial score (nSPS) is 23.2. The first kappa shape index (κ1) is 15.5. The molecule has 0 spiro atoms. The Bertz CT molecular complexity index is 420. The van der Waals surface area contributed by atoms with Crippen LogP contribution in [-0.2, 0) is 11.2 Å². The Morgan fingerprint density at radius 2 is 2.00 bits per heavy atom. The molecule has 1 aromatic rings. The Kier molecular flexibility index (Phi) is 4.76. The van der Waals surface area contributed by atoms with Gasteiger partial charge in [0, 0.05) is 28.9 Å². The van der Waals surface area contributed by atoms with Gasteiger partial charge in [0.2, 0.25) is 0 Å². The maximum Gasteiger partial charge on any atom is 0.0832 e. The first-order valence-corrected chi connectivity index (χ1v) is 8.58. The molecule has 2 nitrogen and oxygen atoms in total. The van der Waals surface area contributed by atoms with Gasteiger partial charge in [0.05, 0.1) is 5.60 Å². The Morgan fingerprint density at radius 3 is 2.47 bits per heavy atom. The lowest BCUT2D eigenvalue weighted by atomic mass is 9.68. The van der Waals surface area contributed by atoms with Crippen molar-refractivity contribution >= 4 is 27.3 Å². The standard InChI is InChI=1S/C15H24BrNOS/c1-14(2)5-7-15(18-3,8-6-14)13(17)10-12-11(16)4-9-19-12/h4,9,13H,5-8,10,17H2,1-3H3. The lowest BCUT2D eigenvalue weighted by molar-refractivity contribution is -0.0780. The van der Waals surface area contributed by atoms with E-state index in [4.69, 9.17) is 10.5 Å². The molecule has 19 heavy (non-hydrogen) atoms. The van der Waals surface area contributed by atoms with Gasteiger partial charge in [-0.15, -0.1) is 11.3 Å². The molecule has 0 radical (unpaired) electrons. The summed E-state index contributed by atoms with van der Waals surface area (Å²) in [6.07, 6.45) is 5.42. The van der Waals surface area contributed by atoms with E-state index >= 15 is 0 Å². The highest BCUT2D eigenvalue weighted by atomic mass is 79.9. The Morgan fingerprint density at radius 1 is 1.37 bits per heavy atom. The highest BCUT2D eigenvalue weighted by molar-refractivity contribution is 9.10. The van der Waals surface area contributed by atoms with Crippen molar-refractivity contribution in [2.75, 3.05) is 7.11 Å². The number of ether oxygens (including phenoxy) is 1. The van der Waals surface area contributed by atoms with Crippen LogP contribution in [0.1, 0.15) is 44.4 Å². The van der Waals surface area contributed by atoms with Gasteiger partial charge in [0.25, 0.3) is 0 Å². The molecule has 1 fully saturated rings. The van der Waals surface area contributed by atoms with Gasteiger partial charge in [-0.2, -0.15) is 0 Å². The van der Waals surface area contributed by atoms with Gasteiger partial charge in [-0.3, -0.25) is 0 Å². The van der Waals surface area contributed by atoms with E-state index in [0.717, 1.165) is 19.3 Å². The molecule has 2 rings (SSSR count). The van der Waals surface area contributed by atoms with Crippen LogP contribution in [0.5, 0.6) is 0 Å². The second-order valence-corrected chi connectivity index (χ2v) is 8.29. The first-order chi connectivity index (χ1) is 8.88. The van der Waals surface area contributed by atoms with Crippen molar-refractivity contribution in [2.45, 2.75) is 57.6 Å². The van der Waals surface area contributed by atoms with Crippen LogP contribution in [0, 0.1) is 5.41 Å². The largest absolute Gasteiger partial charge is 0.377 e. The fourth-order valence-electron chi connectivity index (χ4n) is 2.93. The summed E-state index contributed by atoms with van der Waals surface area (Å²) in [6.45, 7) is 4.68. The topological polar surface area (TPSA) is 35.2 Å². The molecule has 1 aliphatic rings. The monoisotopic (exact) mass is 345 g/mol. The van der Waals surface area contributed by atoms with E-state index in [9.17, 15) is 0 Å². The third-order valence-corrected chi connectivity index (χ3v) is 6.58. The maximum atomic E-state index is 6.50. The molecule has 2 N–H and O–H groups in total. The molecular formula is C15H24BrNOS. The average Bonchev–Trinajstić information content (AvgIpc) is 2.76. The smallest absolute Gasteiger partial charge is 0.0832 e. The van der Waals surface area contributed by atoms with Gasteiger partial charge >= 0.3 is 0 Å². The molecule has 1 atom stereocenters. The van der Waals surface area contributed by atoms with E-state index in [2.05, 4.69) is 41.2 Å². The van der Waals surface area contributed by atoms with Crippen LogP contribution in [-0.4, -0.2) is 18.8 Å². The van der Waals surface area contributed by atoms with Crippen LogP contribution in [0.2, 0.25) is 0 Å². The number of thiophene rings is 1. The summed E-state index contributed by atoms with van der Waals surface area (Å²) in [7, 11) is 1.82. The summed E-state index contributed by atoms with van der Waals surface area (Å²) in [4.78, 5) is 1.33. The van der Waals surface area contributed by atoms with Crippen molar-refractivity contribution in [3.05, 3.63) is 20.8 Å². The molecule has 0 aliphatic heterocycles. The highest BCUT2D eigenvalue weighted by Gasteiger charge is 2.42. The van der Waals surface area contributed by atoms with Gasteiger partial charge in [-0.05, 0) is 58.5 Å². The SMILES string of the molecule is COC1(C(N)Cc2sccc2Br)CCC(C)(C)CC1. The van der Waals surface area contributed by atoms with E-state index in [1.54, 1.807) is 11.3 Å². The van der Waals surface area contributed by atoms with E-state index in [-0.39, 0.29) is 11.6 Å². The molecule has 1 heterocycles. The zero-order chi connectivity index (χ0) is 14.1. The fourth-order valence-corrected chi connectivity index (χ4v) is 4.51. The molecule has 1 aliphatic carbocycles. The maximum absolute atomic E-state index is 6.50. The molecule has 0 amide bonds. The third kappa shape index (κ3) is 3.41. The number of hydrogen-bond acceptors (Lipinski definition) is 3. The van der Waals surface area contributed by atoms with Crippen LogP contribution in [0.15, 0.2) is 15.9 Å². The second kappa shape index (κ2) is 5.84. The molecule has 0 aromatic carbocycles. The number of halogens is 1. The Balaban J connectivity index is 2.07. The molecule has 0 saturated heterocycles. The minimum Gasteiger partial charge on any atom is -0.377 e. The number of methoxy groups -OCH3 is 1. The minimum absolute atomic E-state index is 0.0727. The van der Waals surface area contributed by atoms with Crippen LogP contribution in [0.4, 0.5) is 0 Å². The average molecular weight is 346 g/mol. The summed E-state index contributed by atoms with van der Waals surface area (Å²) >= 11 is 5.36. The van der Waals surface area contributed by atoms with Crippen LogP contribution in [0.25, 0.3) is 0 Å². The number of nitrogens with two attached hydrogens (primary N) is 1. The van der Waals surface area contributed by atoms with Gasteiger partial charge in [0.15, 0.2) is 0 Å². The number of hydrogen-bond donors (Lipinski definition) is 1. The van der Waals surface area contributed by atoms with Crippen molar-refractivity contribution in [3.8, 4) is 0 Å². The quantitative estimate of drug-likeness (QED) is 0.879. The van der Waals surface area contributed by atoms with E-state index in [0.29, 0.717) is 5.41 Å². The third-order valence-electron chi connectivity index (χ3n) is 4.63. The highest BCUT2D eigenvalue weighted by Crippen LogP contribution is 2.43. The zero-order valence-electron chi connectivity index (χ0n) is 12.0. The lowest BCUT2D eigenvalue weighted by Crippen LogP contribution is -2.53. The van der Waals surface area contributed by atoms with Crippen molar-refractivity contribution < 1.29 is 4.74 Å². The summed E-state index contributed by atoms with van der Waals surface area (Å²) in [6, 6.07) is 2.17. The summed E-state index contributed by atoms with van der Waals surface area (Å²) in [5, 5.41) is 2.11. The van der Waals surface area contributed by atoms with Crippen molar-refractivity contribution in [1.82, 2.24) is 0 Å². The van der Waals surface area contributed by atoms with Crippen LogP contribution >= 0.6 is 27.3 Å². The van der Waals surface area contributed by atoms with Crippen LogP contribution < -0.4 is 5.73 Å². The number of rotatable bonds is 4. The fraction of sp³-hybridized carbons (Fsp3) is 0.733. The second-order valence-electron chi connectivity index (χ2n) is 6.44. The summed E-state index contributed by atoms with van der Waals surface area (Å²) in [5.74, 6) is 0. The molecular weight excluding hydrogens is 322 g/mol. The molecule has 108 valence electrons. The lowest BCUT2D eigenvalue weighted by Gasteiger charge is -2.46. The molecule has 1 aromatic heterocycles. The first-order valence-electron chi connectivity index (χ1n) is 6.91. The van der Waals surface area contributed by atoms with Crippen LogP contribution in [0.3, 0.4) is 0 Å². The Labute approximate surface area is 128 Å². The van der Waals surface area contributed by atoms with E-state index in [1.165, 1.54) is 22.2 Å². The van der Waals surface area contributed by atoms with E-state index < -0.39 is 0 Å². The summed E-state index contributed by atoms with van der Waals surface area (Å²) in [5.41, 5.74) is 6.80.